The average molecular weight is 506 g/mol. The number of aromatic nitrogens is 4. The molecule has 0 saturated heterocycles. The van der Waals surface area contributed by atoms with Crippen LogP contribution in [0.1, 0.15) is 34.5 Å². The third-order valence-corrected chi connectivity index (χ3v) is 5.99. The number of aliphatic hydroxyl groups is 1. The first-order valence-electron chi connectivity index (χ1n) is 11.4. The normalized spacial score (nSPS) is 12.6. The van der Waals surface area contributed by atoms with Gasteiger partial charge in [0.05, 0.1) is 17.4 Å². The number of rotatable bonds is 5. The summed E-state index contributed by atoms with van der Waals surface area (Å²) in [6, 6.07) is 17.3. The number of hydrogen-bond acceptors (Lipinski definition) is 4. The van der Waals surface area contributed by atoms with Gasteiger partial charge in [0.1, 0.15) is 17.2 Å². The summed E-state index contributed by atoms with van der Waals surface area (Å²) in [6.45, 7) is 1.64. The number of fused-ring (bicyclic) bond motifs is 1. The van der Waals surface area contributed by atoms with Crippen LogP contribution in [0, 0.1) is 0 Å². The molecule has 0 spiro atoms. The van der Waals surface area contributed by atoms with Gasteiger partial charge in [-0.25, -0.2) is 4.98 Å². The summed E-state index contributed by atoms with van der Waals surface area (Å²) < 4.78 is 44.2. The smallest absolute Gasteiger partial charge is 0.389 e. The number of halogens is 3. The molecule has 7 nitrogen and oxygen atoms in total. The lowest BCUT2D eigenvalue weighted by Crippen LogP contribution is -2.16. The highest BCUT2D eigenvalue weighted by Gasteiger charge is 2.34. The van der Waals surface area contributed by atoms with Gasteiger partial charge in [0.15, 0.2) is 0 Å². The third kappa shape index (κ3) is 4.70. The molecule has 188 valence electrons. The van der Waals surface area contributed by atoms with Gasteiger partial charge in [0, 0.05) is 36.1 Å². The third-order valence-electron chi connectivity index (χ3n) is 5.99. The Hall–Kier alpha value is -4.44. The number of aliphatic hydroxyl groups excluding tert-OH is 1. The predicted octanol–water partition coefficient (Wildman–Crippen LogP) is 5.73. The van der Waals surface area contributed by atoms with E-state index < -0.39 is 23.8 Å². The van der Waals surface area contributed by atoms with Crippen molar-refractivity contribution in [2.75, 3.05) is 5.32 Å². The minimum Gasteiger partial charge on any atom is -0.389 e. The van der Waals surface area contributed by atoms with Gasteiger partial charge < -0.3 is 10.4 Å². The summed E-state index contributed by atoms with van der Waals surface area (Å²) in [4.78, 5) is 18.0. The number of anilines is 1. The number of nitrogens with one attached hydrogen (secondary N) is 1. The number of alkyl halides is 3. The number of aryl methyl sites for hydroxylation is 1. The monoisotopic (exact) mass is 505 g/mol. The first kappa shape index (κ1) is 24.3. The first-order valence-corrected chi connectivity index (χ1v) is 11.4. The van der Waals surface area contributed by atoms with Crippen LogP contribution in [0.15, 0.2) is 79.1 Å². The summed E-state index contributed by atoms with van der Waals surface area (Å²) in [7, 11) is 1.60. The van der Waals surface area contributed by atoms with Crippen molar-refractivity contribution in [3.05, 3.63) is 95.8 Å². The standard InChI is InChI=1S/C27H22F3N5O2/c1-16(36)18-10-13-35-23(15-18)31-24(17-6-4-3-5-7-17)25(35)32-26(37)19-8-9-21(27(28,29)30)20(14-19)22-11-12-34(2)33-22/h3-16,36H,1-2H3,(H,32,37). The molecule has 10 heteroatoms. The molecule has 1 atom stereocenters. The molecule has 5 rings (SSSR count). The SMILES string of the molecule is CC(O)c1ccn2c(NC(=O)c3ccc(C(F)(F)F)c(-c4ccn(C)n4)c3)c(-c3ccccc3)nc2c1. The molecule has 0 fully saturated rings. The minimum absolute atomic E-state index is 0.0308. The molecule has 3 aromatic heterocycles. The summed E-state index contributed by atoms with van der Waals surface area (Å²) in [5, 5.41) is 16.9. The van der Waals surface area contributed by atoms with Gasteiger partial charge in [-0.15, -0.1) is 0 Å². The fourth-order valence-electron chi connectivity index (χ4n) is 4.12. The van der Waals surface area contributed by atoms with E-state index in [1.807, 2.05) is 30.3 Å². The van der Waals surface area contributed by atoms with E-state index in [0.29, 0.717) is 22.7 Å². The van der Waals surface area contributed by atoms with Crippen LogP contribution in [0.5, 0.6) is 0 Å². The van der Waals surface area contributed by atoms with E-state index in [1.165, 1.54) is 23.0 Å². The van der Waals surface area contributed by atoms with Crippen molar-refractivity contribution in [1.29, 1.82) is 0 Å². The van der Waals surface area contributed by atoms with E-state index >= 15 is 0 Å². The quantitative estimate of drug-likeness (QED) is 0.320. The summed E-state index contributed by atoms with van der Waals surface area (Å²) >= 11 is 0. The van der Waals surface area contributed by atoms with Gasteiger partial charge in [0.25, 0.3) is 5.91 Å². The Morgan fingerprint density at radius 2 is 1.78 bits per heavy atom. The van der Waals surface area contributed by atoms with E-state index in [4.69, 9.17) is 0 Å². The van der Waals surface area contributed by atoms with Crippen LogP contribution in [0.2, 0.25) is 0 Å². The molecule has 0 bridgehead atoms. The van der Waals surface area contributed by atoms with Crippen molar-refractivity contribution in [3.8, 4) is 22.5 Å². The number of hydrogen-bond donors (Lipinski definition) is 2. The number of amides is 1. The maximum atomic E-state index is 13.7. The highest BCUT2D eigenvalue weighted by Crippen LogP contribution is 2.37. The Bertz CT molecular complexity index is 1600. The number of carbonyl (C=O) groups excluding carboxylic acids is 1. The zero-order valence-electron chi connectivity index (χ0n) is 19.9. The van der Waals surface area contributed by atoms with Crippen LogP contribution >= 0.6 is 0 Å². The number of imidazole rings is 1. The second kappa shape index (κ2) is 9.21. The Morgan fingerprint density at radius 3 is 2.43 bits per heavy atom. The van der Waals surface area contributed by atoms with Crippen molar-refractivity contribution in [1.82, 2.24) is 19.2 Å². The molecule has 1 unspecified atom stereocenters. The molecule has 0 radical (unpaired) electrons. The van der Waals surface area contributed by atoms with E-state index in [2.05, 4.69) is 15.4 Å². The largest absolute Gasteiger partial charge is 0.417 e. The van der Waals surface area contributed by atoms with Gasteiger partial charge in [-0.2, -0.15) is 18.3 Å². The first-order chi connectivity index (χ1) is 17.6. The zero-order valence-corrected chi connectivity index (χ0v) is 19.9. The topological polar surface area (TPSA) is 84.5 Å². The fourth-order valence-corrected chi connectivity index (χ4v) is 4.12. The van der Waals surface area contributed by atoms with Gasteiger partial charge in [-0.05, 0) is 48.9 Å². The van der Waals surface area contributed by atoms with Crippen LogP contribution in [-0.2, 0) is 13.2 Å². The zero-order chi connectivity index (χ0) is 26.3. The molecule has 0 saturated carbocycles. The second-order valence-electron chi connectivity index (χ2n) is 8.63. The Labute approximate surface area is 209 Å². The van der Waals surface area contributed by atoms with Crippen molar-refractivity contribution in [3.63, 3.8) is 0 Å². The van der Waals surface area contributed by atoms with Gasteiger partial charge in [-0.3, -0.25) is 13.9 Å². The van der Waals surface area contributed by atoms with Crippen LogP contribution in [0.3, 0.4) is 0 Å². The van der Waals surface area contributed by atoms with Gasteiger partial charge in [-0.1, -0.05) is 30.3 Å². The summed E-state index contributed by atoms with van der Waals surface area (Å²) in [5.74, 6) is -0.257. The molecule has 2 N–H and O–H groups in total. The molecule has 2 aromatic carbocycles. The summed E-state index contributed by atoms with van der Waals surface area (Å²) in [5.41, 5.74) is 1.43. The minimum atomic E-state index is -4.62. The van der Waals surface area contributed by atoms with Crippen LogP contribution in [0.25, 0.3) is 28.2 Å². The molecule has 0 aliphatic carbocycles. The Balaban J connectivity index is 1.60. The van der Waals surface area contributed by atoms with E-state index in [-0.39, 0.29) is 16.8 Å². The van der Waals surface area contributed by atoms with Crippen molar-refractivity contribution in [2.24, 2.45) is 7.05 Å². The predicted molar refractivity (Wildman–Crippen MR) is 133 cm³/mol. The van der Waals surface area contributed by atoms with Crippen LogP contribution in [-0.4, -0.2) is 30.2 Å². The number of carbonyl (C=O) groups is 1. The Kier molecular flexibility index (Phi) is 6.04. The van der Waals surface area contributed by atoms with Gasteiger partial charge in [0.2, 0.25) is 0 Å². The van der Waals surface area contributed by atoms with E-state index in [9.17, 15) is 23.1 Å². The van der Waals surface area contributed by atoms with Crippen molar-refractivity contribution < 1.29 is 23.1 Å². The molecular formula is C27H22F3N5O2. The lowest BCUT2D eigenvalue weighted by molar-refractivity contribution is -0.137. The molecule has 1 amide bonds. The van der Waals surface area contributed by atoms with Gasteiger partial charge >= 0.3 is 6.18 Å². The molecular weight excluding hydrogens is 483 g/mol. The van der Waals surface area contributed by atoms with Crippen molar-refractivity contribution in [2.45, 2.75) is 19.2 Å². The Morgan fingerprint density at radius 1 is 1.03 bits per heavy atom. The molecule has 5 aromatic rings. The maximum absolute atomic E-state index is 13.7. The van der Waals surface area contributed by atoms with Crippen LogP contribution in [0.4, 0.5) is 19.0 Å². The lowest BCUT2D eigenvalue weighted by atomic mass is 10.0. The summed E-state index contributed by atoms with van der Waals surface area (Å²) in [6.07, 6.45) is -2.12. The molecule has 0 aliphatic rings. The number of nitrogens with zero attached hydrogens (tertiary/aromatic N) is 4. The lowest BCUT2D eigenvalue weighted by Gasteiger charge is -2.14. The maximum Gasteiger partial charge on any atom is 0.417 e. The highest BCUT2D eigenvalue weighted by molar-refractivity contribution is 6.06. The molecule has 37 heavy (non-hydrogen) atoms. The van der Waals surface area contributed by atoms with Crippen LogP contribution < -0.4 is 5.32 Å². The van der Waals surface area contributed by atoms with E-state index in [0.717, 1.165) is 17.7 Å². The fraction of sp³-hybridized carbons (Fsp3) is 0.148. The molecule has 0 aliphatic heterocycles. The van der Waals surface area contributed by atoms with Crippen molar-refractivity contribution >= 4 is 17.4 Å². The second-order valence-corrected chi connectivity index (χ2v) is 8.63. The number of benzene rings is 2. The molecule has 3 heterocycles. The number of pyridine rings is 1. The average Bonchev–Trinajstić information content (AvgIpc) is 3.47. The highest BCUT2D eigenvalue weighted by atomic mass is 19.4. The van der Waals surface area contributed by atoms with E-state index in [1.54, 1.807) is 36.7 Å².